The van der Waals surface area contributed by atoms with Gasteiger partial charge in [0.1, 0.15) is 12.4 Å². The first-order valence-corrected chi connectivity index (χ1v) is 12.5. The number of ether oxygens (including phenoxy) is 3. The lowest BCUT2D eigenvalue weighted by Crippen LogP contribution is -2.36. The Morgan fingerprint density at radius 1 is 1.00 bits per heavy atom. The Kier molecular flexibility index (Phi) is 8.63. The van der Waals surface area contributed by atoms with Crippen molar-refractivity contribution in [1.29, 1.82) is 0 Å². The van der Waals surface area contributed by atoms with Crippen LogP contribution >= 0.6 is 23.2 Å². The number of hydrogen-bond donors (Lipinski definition) is 2. The first-order chi connectivity index (χ1) is 17.9. The van der Waals surface area contributed by atoms with Crippen LogP contribution in [-0.4, -0.2) is 32.1 Å². The maximum absolute atomic E-state index is 12.8. The summed E-state index contributed by atoms with van der Waals surface area (Å²) in [6.45, 7) is 2.88. The molecule has 4 rings (SSSR count). The average molecular weight is 544 g/mol. The van der Waals surface area contributed by atoms with E-state index in [1.807, 2.05) is 13.0 Å². The highest BCUT2D eigenvalue weighted by Crippen LogP contribution is 2.32. The van der Waals surface area contributed by atoms with E-state index >= 15 is 0 Å². The number of anilines is 2. The summed E-state index contributed by atoms with van der Waals surface area (Å²) in [7, 11) is 1.58. The van der Waals surface area contributed by atoms with Gasteiger partial charge >= 0.3 is 0 Å². The SMILES string of the molecule is CCOc1cc(NNC(=O)[C@H]2CC(=O)N(c3ccc(OC)cc3)C2)ccc1OCc1ccc(Cl)c(Cl)c1. The van der Waals surface area contributed by atoms with Gasteiger partial charge < -0.3 is 19.1 Å². The van der Waals surface area contributed by atoms with E-state index in [1.165, 1.54) is 0 Å². The van der Waals surface area contributed by atoms with Gasteiger partial charge in [-0.3, -0.25) is 20.4 Å². The minimum atomic E-state index is -0.484. The topological polar surface area (TPSA) is 89.1 Å². The van der Waals surface area contributed by atoms with Crippen molar-refractivity contribution in [2.75, 3.05) is 30.6 Å². The summed E-state index contributed by atoms with van der Waals surface area (Å²) in [5, 5.41) is 0.937. The van der Waals surface area contributed by atoms with Crippen molar-refractivity contribution in [3.8, 4) is 17.2 Å². The quantitative estimate of drug-likeness (QED) is 0.329. The largest absolute Gasteiger partial charge is 0.497 e. The highest BCUT2D eigenvalue weighted by Gasteiger charge is 2.35. The third-order valence-corrected chi connectivity index (χ3v) is 6.57. The van der Waals surface area contributed by atoms with E-state index in [4.69, 9.17) is 37.4 Å². The zero-order valence-corrected chi connectivity index (χ0v) is 21.9. The van der Waals surface area contributed by atoms with Crippen molar-refractivity contribution in [3.05, 3.63) is 76.3 Å². The molecule has 3 aromatic rings. The maximum atomic E-state index is 12.8. The van der Waals surface area contributed by atoms with E-state index < -0.39 is 5.92 Å². The predicted octanol–water partition coefficient (Wildman–Crippen LogP) is 5.48. The summed E-state index contributed by atoms with van der Waals surface area (Å²) in [5.41, 5.74) is 7.80. The molecule has 1 atom stereocenters. The summed E-state index contributed by atoms with van der Waals surface area (Å²) in [6, 6.07) is 17.7. The first-order valence-electron chi connectivity index (χ1n) is 11.7. The summed E-state index contributed by atoms with van der Waals surface area (Å²) in [4.78, 5) is 26.9. The summed E-state index contributed by atoms with van der Waals surface area (Å²) >= 11 is 12.1. The minimum absolute atomic E-state index is 0.104. The Balaban J connectivity index is 1.35. The number of carbonyl (C=O) groups excluding carboxylic acids is 2. The van der Waals surface area contributed by atoms with Crippen LogP contribution in [0.4, 0.5) is 11.4 Å². The number of methoxy groups -OCH3 is 1. The summed E-state index contributed by atoms with van der Waals surface area (Å²) in [6.07, 6.45) is 0.130. The van der Waals surface area contributed by atoms with E-state index in [2.05, 4.69) is 10.9 Å². The molecule has 0 bridgehead atoms. The molecule has 0 aliphatic carbocycles. The molecule has 1 heterocycles. The Labute approximate surface area is 225 Å². The number of nitrogens with zero attached hydrogens (tertiary/aromatic N) is 1. The van der Waals surface area contributed by atoms with Crippen molar-refractivity contribution >= 4 is 46.4 Å². The zero-order chi connectivity index (χ0) is 26.4. The average Bonchev–Trinajstić information content (AvgIpc) is 3.30. The maximum Gasteiger partial charge on any atom is 0.243 e. The highest BCUT2D eigenvalue weighted by atomic mass is 35.5. The van der Waals surface area contributed by atoms with Gasteiger partial charge in [0.05, 0.1) is 35.4 Å². The van der Waals surface area contributed by atoms with Crippen molar-refractivity contribution in [2.45, 2.75) is 20.0 Å². The van der Waals surface area contributed by atoms with Gasteiger partial charge in [0.25, 0.3) is 0 Å². The molecular formula is C27H27Cl2N3O5. The van der Waals surface area contributed by atoms with Gasteiger partial charge in [0, 0.05) is 24.7 Å². The van der Waals surface area contributed by atoms with Gasteiger partial charge in [-0.25, -0.2) is 0 Å². The van der Waals surface area contributed by atoms with Gasteiger partial charge in [-0.2, -0.15) is 0 Å². The molecule has 0 unspecified atom stereocenters. The Bertz CT molecular complexity index is 1270. The fourth-order valence-electron chi connectivity index (χ4n) is 3.89. The number of rotatable bonds is 10. The van der Waals surface area contributed by atoms with Gasteiger partial charge in [-0.05, 0) is 61.0 Å². The molecule has 2 amide bonds. The normalized spacial score (nSPS) is 14.9. The number of nitrogens with one attached hydrogen (secondary N) is 2. The lowest BCUT2D eigenvalue weighted by molar-refractivity contribution is -0.125. The number of hydrogen-bond acceptors (Lipinski definition) is 6. The number of benzene rings is 3. The van der Waals surface area contributed by atoms with Gasteiger partial charge in [-0.1, -0.05) is 29.3 Å². The second-order valence-electron chi connectivity index (χ2n) is 8.35. The van der Waals surface area contributed by atoms with Crippen LogP contribution in [0.2, 0.25) is 10.0 Å². The van der Waals surface area contributed by atoms with E-state index in [0.29, 0.717) is 46.1 Å². The van der Waals surface area contributed by atoms with E-state index in [1.54, 1.807) is 66.6 Å². The molecule has 1 aliphatic rings. The second kappa shape index (κ2) is 12.1. The molecule has 0 aromatic heterocycles. The minimum Gasteiger partial charge on any atom is -0.497 e. The number of amides is 2. The number of carbonyl (C=O) groups is 2. The molecule has 2 N–H and O–H groups in total. The number of halogens is 2. The predicted molar refractivity (Wildman–Crippen MR) is 144 cm³/mol. The fraction of sp³-hybridized carbons (Fsp3) is 0.259. The van der Waals surface area contributed by atoms with Crippen LogP contribution in [0.15, 0.2) is 60.7 Å². The zero-order valence-electron chi connectivity index (χ0n) is 20.4. The Hall–Kier alpha value is -3.62. The first kappa shape index (κ1) is 26.4. The van der Waals surface area contributed by atoms with Crippen molar-refractivity contribution in [2.24, 2.45) is 5.92 Å². The molecule has 0 radical (unpaired) electrons. The van der Waals surface area contributed by atoms with Crippen LogP contribution in [0.3, 0.4) is 0 Å². The molecule has 1 saturated heterocycles. The van der Waals surface area contributed by atoms with Crippen molar-refractivity contribution in [1.82, 2.24) is 5.43 Å². The fourth-order valence-corrected chi connectivity index (χ4v) is 4.22. The molecule has 1 aliphatic heterocycles. The standard InChI is InChI=1S/C27H27Cl2N3O5/c1-3-36-25-14-19(5-11-24(25)37-16-17-4-10-22(28)23(29)12-17)30-31-27(34)18-13-26(33)32(15-18)20-6-8-21(35-2)9-7-20/h4-12,14,18,30H,3,13,15-16H2,1-2H3,(H,31,34)/t18-/m0/s1. The molecular weight excluding hydrogens is 517 g/mol. The van der Waals surface area contributed by atoms with Gasteiger partial charge in [0.15, 0.2) is 11.5 Å². The third-order valence-electron chi connectivity index (χ3n) is 5.83. The highest BCUT2D eigenvalue weighted by molar-refractivity contribution is 6.42. The summed E-state index contributed by atoms with van der Waals surface area (Å²) < 4.78 is 16.8. The lowest BCUT2D eigenvalue weighted by Gasteiger charge is -2.18. The summed E-state index contributed by atoms with van der Waals surface area (Å²) in [5.74, 6) is 0.896. The molecule has 0 saturated carbocycles. The van der Waals surface area contributed by atoms with Crippen LogP contribution < -0.4 is 30.0 Å². The monoisotopic (exact) mass is 543 g/mol. The van der Waals surface area contributed by atoms with E-state index in [-0.39, 0.29) is 24.8 Å². The van der Waals surface area contributed by atoms with Crippen LogP contribution in [0.25, 0.3) is 0 Å². The van der Waals surface area contributed by atoms with E-state index in [9.17, 15) is 9.59 Å². The van der Waals surface area contributed by atoms with Crippen LogP contribution in [0.1, 0.15) is 18.9 Å². The molecule has 8 nitrogen and oxygen atoms in total. The number of hydrazine groups is 1. The third kappa shape index (κ3) is 6.58. The van der Waals surface area contributed by atoms with Crippen molar-refractivity contribution in [3.63, 3.8) is 0 Å². The van der Waals surface area contributed by atoms with Crippen LogP contribution in [0.5, 0.6) is 17.2 Å². The Morgan fingerprint density at radius 2 is 1.78 bits per heavy atom. The molecule has 37 heavy (non-hydrogen) atoms. The van der Waals surface area contributed by atoms with Gasteiger partial charge in [0.2, 0.25) is 11.8 Å². The molecule has 194 valence electrons. The van der Waals surface area contributed by atoms with E-state index in [0.717, 1.165) is 11.3 Å². The van der Waals surface area contributed by atoms with Crippen LogP contribution in [0, 0.1) is 5.92 Å². The lowest BCUT2D eigenvalue weighted by atomic mass is 10.1. The Morgan fingerprint density at radius 3 is 2.49 bits per heavy atom. The molecule has 1 fully saturated rings. The molecule has 3 aromatic carbocycles. The molecule has 10 heteroatoms. The van der Waals surface area contributed by atoms with Crippen molar-refractivity contribution < 1.29 is 23.8 Å². The van der Waals surface area contributed by atoms with Gasteiger partial charge in [-0.15, -0.1) is 0 Å². The second-order valence-corrected chi connectivity index (χ2v) is 9.16. The van der Waals surface area contributed by atoms with Crippen LogP contribution in [-0.2, 0) is 16.2 Å². The smallest absolute Gasteiger partial charge is 0.243 e. The molecule has 0 spiro atoms.